The zero-order valence-electron chi connectivity index (χ0n) is 25.9. The Morgan fingerprint density at radius 3 is 1.48 bits per heavy atom. The maximum absolute atomic E-state index is 5.22. The van der Waals surface area contributed by atoms with Gasteiger partial charge in [-0.25, -0.2) is 0 Å². The van der Waals surface area contributed by atoms with Crippen LogP contribution in [-0.4, -0.2) is 17.5 Å². The van der Waals surface area contributed by atoms with E-state index in [2.05, 4.69) is 110 Å². The molecule has 0 atom stereocenters. The molecule has 40 heavy (non-hydrogen) atoms. The van der Waals surface area contributed by atoms with Crippen molar-refractivity contribution in [2.24, 2.45) is 0 Å². The first kappa shape index (κ1) is 31.7. The fourth-order valence-electron chi connectivity index (χ4n) is 4.50. The fourth-order valence-corrected chi connectivity index (χ4v) is 4.50. The van der Waals surface area contributed by atoms with E-state index in [0.29, 0.717) is 0 Å². The van der Waals surface area contributed by atoms with Crippen LogP contribution in [0.1, 0.15) is 66.5 Å². The van der Waals surface area contributed by atoms with Crippen LogP contribution in [0.4, 0.5) is 0 Å². The predicted molar refractivity (Wildman–Crippen MR) is 171 cm³/mol. The third-order valence-corrected chi connectivity index (χ3v) is 6.78. The average Bonchev–Trinajstić information content (AvgIpc) is 3.55. The normalized spacial score (nSPS) is 11.4. The molecule has 0 unspecified atom stereocenters. The molecular formula is C37H44HfO2. The molecule has 0 aliphatic heterocycles. The Balaban J connectivity index is 0.000000203. The molecule has 0 fully saturated rings. The minimum atomic E-state index is 0.203. The third kappa shape index (κ3) is 8.36. The summed E-state index contributed by atoms with van der Waals surface area (Å²) in [5.41, 5.74) is 5.49. The predicted octanol–water partition coefficient (Wildman–Crippen LogP) is 10.1. The molecule has 3 heteroatoms. The molecule has 0 bridgehead atoms. The van der Waals surface area contributed by atoms with Gasteiger partial charge in [-0.3, -0.25) is 0 Å². The van der Waals surface area contributed by atoms with Crippen molar-refractivity contribution in [2.75, 3.05) is 14.2 Å². The van der Waals surface area contributed by atoms with Crippen molar-refractivity contribution in [3.63, 3.8) is 0 Å². The van der Waals surface area contributed by atoms with E-state index >= 15 is 0 Å². The van der Waals surface area contributed by atoms with Crippen LogP contribution in [0.3, 0.4) is 0 Å². The zero-order valence-corrected chi connectivity index (χ0v) is 29.5. The summed E-state index contributed by atoms with van der Waals surface area (Å²) in [5, 5.41) is 5.48. The van der Waals surface area contributed by atoms with Crippen LogP contribution in [0, 0.1) is 0 Å². The number of methoxy groups -OCH3 is 2. The molecular weight excluding hydrogens is 655 g/mol. The summed E-state index contributed by atoms with van der Waals surface area (Å²) in [7, 11) is 3.31. The van der Waals surface area contributed by atoms with Crippen LogP contribution >= 0.6 is 0 Å². The van der Waals surface area contributed by atoms with Crippen molar-refractivity contribution in [2.45, 2.75) is 66.2 Å². The molecule has 0 saturated carbocycles. The molecule has 5 rings (SSSR count). The molecule has 0 aliphatic rings. The van der Waals surface area contributed by atoms with E-state index in [4.69, 9.17) is 9.47 Å². The molecule has 5 aromatic rings. The molecule has 5 aromatic carbocycles. The number of benzene rings is 3. The summed E-state index contributed by atoms with van der Waals surface area (Å²) in [6, 6.07) is 30.2. The van der Waals surface area contributed by atoms with E-state index in [1.807, 2.05) is 30.3 Å². The van der Waals surface area contributed by atoms with E-state index in [1.54, 1.807) is 17.5 Å². The topological polar surface area (TPSA) is 18.5 Å². The minimum absolute atomic E-state index is 0.203. The summed E-state index contributed by atoms with van der Waals surface area (Å²) in [4.78, 5) is 0. The second-order valence-corrected chi connectivity index (χ2v) is 16.1. The molecule has 0 radical (unpaired) electrons. The quantitative estimate of drug-likeness (QED) is 0.138. The van der Waals surface area contributed by atoms with Gasteiger partial charge in [0.05, 0.1) is 14.2 Å². The summed E-state index contributed by atoms with van der Waals surface area (Å²) in [6.45, 7) is 17.9. The second kappa shape index (κ2) is 13.3. The Morgan fingerprint density at radius 1 is 0.675 bits per heavy atom. The van der Waals surface area contributed by atoms with Crippen molar-refractivity contribution >= 4 is 24.8 Å². The van der Waals surface area contributed by atoms with Gasteiger partial charge in [-0.2, -0.15) is 18.2 Å². The van der Waals surface area contributed by atoms with Crippen LogP contribution in [0.25, 0.3) is 32.7 Å². The first-order chi connectivity index (χ1) is 18.7. The standard InChI is InChI=1S/C21H25.C13H13O2.C3H6.Hf/c1-20(2,3)16-7-9-18-14(12-16)11-15-13-17(21(4,5)6)8-10-19(15)18;1-14-12-7-11(8-13(9-12)15-2)10-5-3-4-6-10;1-3-2;/h7-13H,1-6H3;3-9H,1-2H3;1-2H3;/q2*-1;;+2. The van der Waals surface area contributed by atoms with Crippen LogP contribution < -0.4 is 9.47 Å². The van der Waals surface area contributed by atoms with Gasteiger partial charge in [0, 0.05) is 6.07 Å². The second-order valence-electron chi connectivity index (χ2n) is 12.5. The summed E-state index contributed by atoms with van der Waals surface area (Å²) >= 11 is 1.27. The third-order valence-electron chi connectivity index (χ3n) is 6.78. The average molecular weight is 699 g/mol. The Hall–Kier alpha value is -2.78. The van der Waals surface area contributed by atoms with Crippen molar-refractivity contribution in [1.29, 1.82) is 0 Å². The first-order valence-electron chi connectivity index (χ1n) is 13.8. The van der Waals surface area contributed by atoms with Crippen LogP contribution in [0.15, 0.2) is 84.9 Å². The van der Waals surface area contributed by atoms with Crippen molar-refractivity contribution in [1.82, 2.24) is 0 Å². The summed E-state index contributed by atoms with van der Waals surface area (Å²) < 4.78 is 12.0. The molecule has 0 amide bonds. The van der Waals surface area contributed by atoms with Gasteiger partial charge >= 0.3 is 41.0 Å². The van der Waals surface area contributed by atoms with Gasteiger partial charge in [0.15, 0.2) is 0 Å². The molecule has 0 spiro atoms. The van der Waals surface area contributed by atoms with Gasteiger partial charge in [0.2, 0.25) is 0 Å². The molecule has 0 heterocycles. The van der Waals surface area contributed by atoms with Crippen molar-refractivity contribution < 1.29 is 33.4 Å². The zero-order chi connectivity index (χ0) is 29.7. The Kier molecular flexibility index (Phi) is 10.5. The van der Waals surface area contributed by atoms with E-state index in [1.165, 1.54) is 62.1 Å². The Bertz CT molecular complexity index is 1460. The SMILES string of the molecule is CC(C)(C)c1ccc2c(c1)[cH-]c1cc(C(C)(C)C)ccc12.COc1cc(OC)cc(-c2ccc[cH-]2)c1.C[C](C)=[Hf+2]. The van der Waals surface area contributed by atoms with Gasteiger partial charge in [-0.05, 0) is 10.8 Å². The van der Waals surface area contributed by atoms with E-state index in [0.717, 1.165) is 17.1 Å². The molecule has 0 N–H and O–H groups in total. The van der Waals surface area contributed by atoms with Gasteiger partial charge in [0.25, 0.3) is 0 Å². The number of ether oxygens (including phenoxy) is 2. The van der Waals surface area contributed by atoms with Crippen LogP contribution in [0.2, 0.25) is 0 Å². The van der Waals surface area contributed by atoms with Crippen LogP contribution in [-0.2, 0) is 34.7 Å². The van der Waals surface area contributed by atoms with Gasteiger partial charge in [0.1, 0.15) is 11.5 Å². The monoisotopic (exact) mass is 700 g/mol. The van der Waals surface area contributed by atoms with Crippen LogP contribution in [0.5, 0.6) is 11.5 Å². The maximum atomic E-state index is 5.22. The van der Waals surface area contributed by atoms with E-state index < -0.39 is 0 Å². The number of hydrogen-bond acceptors (Lipinski definition) is 2. The van der Waals surface area contributed by atoms with Crippen molar-refractivity contribution in [3.05, 3.63) is 96.1 Å². The number of hydrogen-bond donors (Lipinski definition) is 0. The van der Waals surface area contributed by atoms with Gasteiger partial charge < -0.3 is 9.47 Å². The summed E-state index contributed by atoms with van der Waals surface area (Å²) in [6.07, 6.45) is 0. The fraction of sp³-hybridized carbons (Fsp3) is 0.324. The number of rotatable bonds is 3. The Labute approximate surface area is 256 Å². The molecule has 2 nitrogen and oxygen atoms in total. The van der Waals surface area contributed by atoms with E-state index in [9.17, 15) is 0 Å². The number of fused-ring (bicyclic) bond motifs is 3. The van der Waals surface area contributed by atoms with Crippen molar-refractivity contribution in [3.8, 4) is 22.6 Å². The molecule has 208 valence electrons. The molecule has 0 saturated heterocycles. The molecule has 0 aliphatic carbocycles. The molecule has 0 aromatic heterocycles. The van der Waals surface area contributed by atoms with Gasteiger partial charge in [-0.1, -0.05) is 94.6 Å². The summed E-state index contributed by atoms with van der Waals surface area (Å²) in [5.74, 6) is 1.62. The van der Waals surface area contributed by atoms with Gasteiger partial charge in [-0.15, -0.1) is 51.4 Å². The first-order valence-corrected chi connectivity index (χ1v) is 15.6. The Morgan fingerprint density at radius 2 is 1.12 bits per heavy atom. The van der Waals surface area contributed by atoms with E-state index in [-0.39, 0.29) is 10.8 Å².